The van der Waals surface area contributed by atoms with Gasteiger partial charge >= 0.3 is 4.87 Å². The van der Waals surface area contributed by atoms with Gasteiger partial charge in [-0.25, -0.2) is 0 Å². The lowest BCUT2D eigenvalue weighted by Gasteiger charge is -2.40. The first-order valence-corrected chi connectivity index (χ1v) is 12.7. The van der Waals surface area contributed by atoms with E-state index in [1.54, 1.807) is 4.57 Å². The maximum absolute atomic E-state index is 13.1. The number of ether oxygens (including phenoxy) is 1. The second-order valence-corrected chi connectivity index (χ2v) is 11.2. The highest BCUT2D eigenvalue weighted by Gasteiger charge is 2.55. The van der Waals surface area contributed by atoms with Crippen molar-refractivity contribution < 1.29 is 9.53 Å². The van der Waals surface area contributed by atoms with Crippen LogP contribution < -0.4 is 4.87 Å². The van der Waals surface area contributed by atoms with E-state index in [0.717, 1.165) is 16.9 Å². The van der Waals surface area contributed by atoms with Crippen LogP contribution in [-0.4, -0.2) is 46.9 Å². The minimum absolute atomic E-state index is 0.0161. The Hall–Kier alpha value is -1.57. The van der Waals surface area contributed by atoms with Gasteiger partial charge in [0, 0.05) is 29.1 Å². The molecule has 158 valence electrons. The van der Waals surface area contributed by atoms with E-state index in [1.165, 1.54) is 41.0 Å². The van der Waals surface area contributed by atoms with Gasteiger partial charge in [-0.05, 0) is 42.6 Å². The first kappa shape index (κ1) is 19.1. The van der Waals surface area contributed by atoms with Crippen LogP contribution in [0.1, 0.15) is 35.6 Å². The van der Waals surface area contributed by atoms with Crippen molar-refractivity contribution in [3.8, 4) is 0 Å². The van der Waals surface area contributed by atoms with Crippen LogP contribution in [0, 0.1) is 17.8 Å². The molecule has 3 heterocycles. The Bertz CT molecular complexity index is 1010. The van der Waals surface area contributed by atoms with Crippen LogP contribution in [0.4, 0.5) is 0 Å². The van der Waals surface area contributed by atoms with Gasteiger partial charge < -0.3 is 9.64 Å². The summed E-state index contributed by atoms with van der Waals surface area (Å²) in [5.74, 6) is 2.47. The zero-order valence-electron chi connectivity index (χ0n) is 16.9. The lowest BCUT2D eigenvalue weighted by molar-refractivity contribution is -0.136. The molecule has 0 spiro atoms. The van der Waals surface area contributed by atoms with Crippen molar-refractivity contribution in [2.24, 2.45) is 17.8 Å². The standard InChI is InChI=1S/C23H26N2O3S2/c26-17(24-8-10-28-11-9-24)13-25-22-21(30-23(25)27)18(14-4-2-1-3-5-14)19-15-6-7-16(12-15)20(19)29-22/h1-5,15-16,18-20H,6-13H2/t15?,16?,18-,19?,20?/m0/s1. The van der Waals surface area contributed by atoms with E-state index in [9.17, 15) is 9.59 Å². The van der Waals surface area contributed by atoms with Crippen molar-refractivity contribution >= 4 is 29.0 Å². The van der Waals surface area contributed by atoms with Gasteiger partial charge in [0.25, 0.3) is 0 Å². The van der Waals surface area contributed by atoms with E-state index in [2.05, 4.69) is 30.3 Å². The molecule has 3 fully saturated rings. The monoisotopic (exact) mass is 442 g/mol. The lowest BCUT2D eigenvalue weighted by Crippen LogP contribution is -2.43. The third-order valence-corrected chi connectivity index (χ3v) is 10.3. The summed E-state index contributed by atoms with van der Waals surface area (Å²) in [4.78, 5) is 29.0. The molecule has 2 bridgehead atoms. The molecule has 1 saturated heterocycles. The molecule has 2 saturated carbocycles. The Labute approximate surface area is 184 Å². The number of carbonyl (C=O) groups excluding carboxylic acids is 1. The predicted molar refractivity (Wildman–Crippen MR) is 118 cm³/mol. The van der Waals surface area contributed by atoms with Crippen LogP contribution in [0.15, 0.2) is 40.2 Å². The summed E-state index contributed by atoms with van der Waals surface area (Å²) in [6, 6.07) is 10.7. The predicted octanol–water partition coefficient (Wildman–Crippen LogP) is 3.42. The number of thioether (sulfide) groups is 1. The minimum atomic E-state index is 0.0161. The summed E-state index contributed by atoms with van der Waals surface area (Å²) in [5, 5.41) is 1.63. The third-order valence-electron chi connectivity index (χ3n) is 7.51. The molecule has 6 rings (SSSR count). The molecule has 30 heavy (non-hydrogen) atoms. The van der Waals surface area contributed by atoms with E-state index in [1.807, 2.05) is 16.7 Å². The second kappa shape index (κ2) is 7.53. The van der Waals surface area contributed by atoms with Crippen molar-refractivity contribution in [3.05, 3.63) is 50.4 Å². The molecule has 4 aliphatic rings. The minimum Gasteiger partial charge on any atom is -0.378 e. The van der Waals surface area contributed by atoms with Crippen molar-refractivity contribution in [3.63, 3.8) is 0 Å². The molecule has 1 amide bonds. The number of carbonyl (C=O) groups is 1. The van der Waals surface area contributed by atoms with Gasteiger partial charge in [0.1, 0.15) is 6.54 Å². The van der Waals surface area contributed by atoms with Gasteiger partial charge in [-0.2, -0.15) is 0 Å². The van der Waals surface area contributed by atoms with Crippen LogP contribution in [0.2, 0.25) is 0 Å². The molecule has 0 radical (unpaired) electrons. The average molecular weight is 443 g/mol. The molecule has 2 aliphatic heterocycles. The Morgan fingerprint density at radius 1 is 1.10 bits per heavy atom. The third kappa shape index (κ3) is 3.00. The lowest BCUT2D eigenvalue weighted by atomic mass is 9.75. The first-order valence-electron chi connectivity index (χ1n) is 11.0. The summed E-state index contributed by atoms with van der Waals surface area (Å²) >= 11 is 3.28. The smallest absolute Gasteiger partial charge is 0.308 e. The van der Waals surface area contributed by atoms with Gasteiger partial charge in [-0.1, -0.05) is 41.7 Å². The van der Waals surface area contributed by atoms with Crippen LogP contribution in [0.25, 0.3) is 0 Å². The highest BCUT2D eigenvalue weighted by Crippen LogP contribution is 2.63. The highest BCUT2D eigenvalue weighted by molar-refractivity contribution is 8.00. The van der Waals surface area contributed by atoms with Crippen LogP contribution in [0.5, 0.6) is 0 Å². The maximum Gasteiger partial charge on any atom is 0.308 e. The number of thiazole rings is 1. The summed E-state index contributed by atoms with van der Waals surface area (Å²) in [7, 11) is 0. The normalized spacial score (nSPS) is 32.1. The van der Waals surface area contributed by atoms with E-state index in [-0.39, 0.29) is 17.3 Å². The van der Waals surface area contributed by atoms with Gasteiger partial charge in [0.2, 0.25) is 5.91 Å². The topological polar surface area (TPSA) is 51.5 Å². The molecule has 4 unspecified atom stereocenters. The van der Waals surface area contributed by atoms with Gasteiger partial charge in [0.05, 0.1) is 18.2 Å². The number of morpholine rings is 1. The summed E-state index contributed by atoms with van der Waals surface area (Å²) in [6.45, 7) is 2.56. The SMILES string of the molecule is O=C(Cn1c2c(sc1=O)[C@@H](c1ccccc1)C1C3CCC(C3)C1S2)N1CCOCC1. The van der Waals surface area contributed by atoms with Crippen molar-refractivity contribution in [1.29, 1.82) is 0 Å². The second-order valence-electron chi connectivity index (χ2n) is 9.00. The quantitative estimate of drug-likeness (QED) is 0.731. The molecule has 1 aromatic carbocycles. The average Bonchev–Trinajstić information content (AvgIpc) is 3.48. The molecular formula is C23H26N2O3S2. The number of amides is 1. The van der Waals surface area contributed by atoms with Crippen molar-refractivity contribution in [1.82, 2.24) is 9.47 Å². The molecule has 2 aliphatic carbocycles. The molecule has 0 N–H and O–H groups in total. The van der Waals surface area contributed by atoms with Crippen LogP contribution in [-0.2, 0) is 16.1 Å². The largest absolute Gasteiger partial charge is 0.378 e. The van der Waals surface area contributed by atoms with E-state index in [0.29, 0.717) is 43.4 Å². The molecule has 1 aromatic heterocycles. The number of benzene rings is 1. The summed E-state index contributed by atoms with van der Waals surface area (Å²) < 4.78 is 7.15. The van der Waals surface area contributed by atoms with E-state index in [4.69, 9.17) is 4.74 Å². The molecule has 5 nitrogen and oxygen atoms in total. The van der Waals surface area contributed by atoms with Crippen molar-refractivity contribution in [2.75, 3.05) is 26.3 Å². The van der Waals surface area contributed by atoms with Crippen molar-refractivity contribution in [2.45, 2.75) is 42.0 Å². The fourth-order valence-electron chi connectivity index (χ4n) is 6.17. The number of aromatic nitrogens is 1. The van der Waals surface area contributed by atoms with Gasteiger partial charge in [-0.15, -0.1) is 11.8 Å². The molecule has 2 aromatic rings. The first-order chi connectivity index (χ1) is 14.7. The van der Waals surface area contributed by atoms with Crippen LogP contribution in [0.3, 0.4) is 0 Å². The molecule has 5 atom stereocenters. The number of fused-ring (bicyclic) bond motifs is 6. The van der Waals surface area contributed by atoms with Gasteiger partial charge in [0.15, 0.2) is 0 Å². The number of hydrogen-bond donors (Lipinski definition) is 0. The van der Waals surface area contributed by atoms with Gasteiger partial charge in [-0.3, -0.25) is 14.2 Å². The van der Waals surface area contributed by atoms with E-state index < -0.39 is 0 Å². The molecule has 7 heteroatoms. The number of rotatable bonds is 3. The maximum atomic E-state index is 13.1. The fraction of sp³-hybridized carbons (Fsp3) is 0.565. The number of hydrogen-bond acceptors (Lipinski definition) is 5. The summed E-state index contributed by atoms with van der Waals surface area (Å²) in [5.41, 5.74) is 1.33. The Kier molecular flexibility index (Phi) is 4.81. The zero-order chi connectivity index (χ0) is 20.2. The zero-order valence-corrected chi connectivity index (χ0v) is 18.5. The van der Waals surface area contributed by atoms with E-state index >= 15 is 0 Å². The Morgan fingerprint density at radius 2 is 1.87 bits per heavy atom. The summed E-state index contributed by atoms with van der Waals surface area (Å²) in [6.07, 6.45) is 3.98. The van der Waals surface area contributed by atoms with Crippen LogP contribution >= 0.6 is 23.1 Å². The Balaban J connectivity index is 1.40. The highest BCUT2D eigenvalue weighted by atomic mass is 32.2. The fourth-order valence-corrected chi connectivity index (χ4v) is 9.32. The number of nitrogens with zero attached hydrogens (tertiary/aromatic N) is 2. The molecular weight excluding hydrogens is 416 g/mol. The Morgan fingerprint density at radius 3 is 2.67 bits per heavy atom.